The molecule has 0 aliphatic rings. The molecule has 0 atom stereocenters. The molecule has 0 aliphatic heterocycles. The number of hydrogen-bond acceptors (Lipinski definition) is 2. The molecule has 0 spiro atoms. The van der Waals surface area contributed by atoms with Gasteiger partial charge in [-0.05, 0) is 35.9 Å². The Labute approximate surface area is 118 Å². The van der Waals surface area contributed by atoms with Gasteiger partial charge in [0.1, 0.15) is 12.4 Å². The molecule has 0 aliphatic carbocycles. The Morgan fingerprint density at radius 2 is 1.80 bits per heavy atom. The highest BCUT2D eigenvalue weighted by molar-refractivity contribution is 5.88. The van der Waals surface area contributed by atoms with Gasteiger partial charge in [-0.2, -0.15) is 0 Å². The van der Waals surface area contributed by atoms with Crippen LogP contribution in [0.15, 0.2) is 60.7 Å². The first-order valence-electron chi connectivity index (χ1n) is 6.46. The Bertz CT molecular complexity index is 574. The fourth-order valence-electron chi connectivity index (χ4n) is 1.73. The van der Waals surface area contributed by atoms with Crippen LogP contribution in [0.5, 0.6) is 5.75 Å². The van der Waals surface area contributed by atoms with Crippen LogP contribution in [0.1, 0.15) is 12.5 Å². The molecule has 102 valence electrons. The molecule has 0 unspecified atom stereocenters. The van der Waals surface area contributed by atoms with E-state index in [0.29, 0.717) is 6.61 Å². The number of nitrogens with one attached hydrogen (secondary N) is 1. The molecule has 2 aromatic rings. The van der Waals surface area contributed by atoms with Crippen LogP contribution in [0.2, 0.25) is 0 Å². The van der Waals surface area contributed by atoms with Gasteiger partial charge in [-0.25, -0.2) is 0 Å². The average Bonchev–Trinajstić information content (AvgIpc) is 2.46. The maximum absolute atomic E-state index is 10.9. The molecule has 0 bridgehead atoms. The number of amides is 1. The van der Waals surface area contributed by atoms with Gasteiger partial charge >= 0.3 is 0 Å². The zero-order valence-electron chi connectivity index (χ0n) is 11.4. The van der Waals surface area contributed by atoms with Gasteiger partial charge in [0.2, 0.25) is 5.91 Å². The van der Waals surface area contributed by atoms with E-state index in [1.54, 1.807) is 0 Å². The summed E-state index contributed by atoms with van der Waals surface area (Å²) in [6.45, 7) is 1.99. The van der Waals surface area contributed by atoms with E-state index in [9.17, 15) is 4.79 Å². The topological polar surface area (TPSA) is 38.3 Å². The summed E-state index contributed by atoms with van der Waals surface area (Å²) >= 11 is 0. The van der Waals surface area contributed by atoms with E-state index in [-0.39, 0.29) is 5.91 Å². The first-order valence-corrected chi connectivity index (χ1v) is 6.46. The van der Waals surface area contributed by atoms with Gasteiger partial charge in [0.15, 0.2) is 0 Å². The number of ether oxygens (including phenoxy) is 1. The van der Waals surface area contributed by atoms with Crippen LogP contribution in [0.25, 0.3) is 6.08 Å². The Morgan fingerprint density at radius 1 is 1.10 bits per heavy atom. The SMILES string of the molecule is CC(=O)Nc1ccc(OC/C=C\c2ccccc2)cc1. The van der Waals surface area contributed by atoms with Crippen LogP contribution >= 0.6 is 0 Å². The second kappa shape index (κ2) is 7.14. The molecule has 1 N–H and O–H groups in total. The zero-order valence-corrected chi connectivity index (χ0v) is 11.4. The molecule has 20 heavy (non-hydrogen) atoms. The number of hydrogen-bond donors (Lipinski definition) is 1. The molecule has 0 saturated carbocycles. The lowest BCUT2D eigenvalue weighted by molar-refractivity contribution is -0.114. The quantitative estimate of drug-likeness (QED) is 0.896. The van der Waals surface area contributed by atoms with Gasteiger partial charge in [-0.15, -0.1) is 0 Å². The van der Waals surface area contributed by atoms with Crippen molar-refractivity contribution in [3.63, 3.8) is 0 Å². The van der Waals surface area contributed by atoms with E-state index >= 15 is 0 Å². The molecule has 0 saturated heterocycles. The van der Waals surface area contributed by atoms with Crippen molar-refractivity contribution in [3.8, 4) is 5.75 Å². The van der Waals surface area contributed by atoms with Gasteiger partial charge in [-0.3, -0.25) is 4.79 Å². The van der Waals surface area contributed by atoms with Crippen LogP contribution < -0.4 is 10.1 Å². The molecule has 3 heteroatoms. The van der Waals surface area contributed by atoms with Crippen molar-refractivity contribution >= 4 is 17.7 Å². The number of carbonyl (C=O) groups is 1. The van der Waals surface area contributed by atoms with Crippen LogP contribution in [-0.4, -0.2) is 12.5 Å². The van der Waals surface area contributed by atoms with E-state index in [4.69, 9.17) is 4.74 Å². The minimum atomic E-state index is -0.0792. The van der Waals surface area contributed by atoms with E-state index in [1.165, 1.54) is 6.92 Å². The molecule has 0 radical (unpaired) electrons. The number of rotatable bonds is 5. The fraction of sp³-hybridized carbons (Fsp3) is 0.118. The summed E-state index contributed by atoms with van der Waals surface area (Å²) in [5, 5.41) is 2.71. The lowest BCUT2D eigenvalue weighted by atomic mass is 10.2. The maximum atomic E-state index is 10.9. The summed E-state index contributed by atoms with van der Waals surface area (Å²) in [7, 11) is 0. The van der Waals surface area contributed by atoms with Crippen molar-refractivity contribution in [2.45, 2.75) is 6.92 Å². The van der Waals surface area contributed by atoms with E-state index < -0.39 is 0 Å². The normalized spacial score (nSPS) is 10.4. The Hall–Kier alpha value is -2.55. The highest BCUT2D eigenvalue weighted by atomic mass is 16.5. The minimum Gasteiger partial charge on any atom is -0.490 e. The molecule has 2 rings (SSSR count). The first kappa shape index (κ1) is 13.9. The Kier molecular flexibility index (Phi) is 4.95. The van der Waals surface area contributed by atoms with Gasteiger partial charge in [-0.1, -0.05) is 36.4 Å². The Morgan fingerprint density at radius 3 is 2.45 bits per heavy atom. The summed E-state index contributed by atoms with van der Waals surface area (Å²) in [6.07, 6.45) is 3.99. The number of carbonyl (C=O) groups excluding carboxylic acids is 1. The van der Waals surface area contributed by atoms with Crippen molar-refractivity contribution in [1.29, 1.82) is 0 Å². The lowest BCUT2D eigenvalue weighted by Crippen LogP contribution is -2.05. The standard InChI is InChI=1S/C17H17NO2/c1-14(19)18-16-9-11-17(12-10-16)20-13-5-8-15-6-3-2-4-7-15/h2-12H,13H2,1H3,(H,18,19)/b8-5-. The van der Waals surface area contributed by atoms with Crippen molar-refractivity contribution in [2.75, 3.05) is 11.9 Å². The predicted molar refractivity (Wildman–Crippen MR) is 81.7 cm³/mol. The highest BCUT2D eigenvalue weighted by Gasteiger charge is 1.96. The van der Waals surface area contributed by atoms with Crippen molar-refractivity contribution in [1.82, 2.24) is 0 Å². The largest absolute Gasteiger partial charge is 0.490 e. The molecule has 1 amide bonds. The monoisotopic (exact) mass is 267 g/mol. The zero-order chi connectivity index (χ0) is 14.2. The van der Waals surface area contributed by atoms with Crippen molar-refractivity contribution in [3.05, 3.63) is 66.2 Å². The van der Waals surface area contributed by atoms with Crippen LogP contribution in [-0.2, 0) is 4.79 Å². The summed E-state index contributed by atoms with van der Waals surface area (Å²) < 4.78 is 5.59. The molecular formula is C17H17NO2. The fourth-order valence-corrected chi connectivity index (χ4v) is 1.73. The van der Waals surface area contributed by atoms with Gasteiger partial charge in [0.05, 0.1) is 0 Å². The summed E-state index contributed by atoms with van der Waals surface area (Å²) in [4.78, 5) is 10.9. The molecule has 0 fully saturated rings. The third-order valence-electron chi connectivity index (χ3n) is 2.63. The van der Waals surface area contributed by atoms with Gasteiger partial charge < -0.3 is 10.1 Å². The lowest BCUT2D eigenvalue weighted by Gasteiger charge is -2.05. The number of benzene rings is 2. The van der Waals surface area contributed by atoms with Crippen LogP contribution in [0.4, 0.5) is 5.69 Å². The predicted octanol–water partition coefficient (Wildman–Crippen LogP) is 3.74. The van der Waals surface area contributed by atoms with E-state index in [2.05, 4.69) is 5.32 Å². The molecule has 3 nitrogen and oxygen atoms in total. The number of anilines is 1. The summed E-state index contributed by atoms with van der Waals surface area (Å²) in [5.41, 5.74) is 1.92. The minimum absolute atomic E-state index is 0.0792. The van der Waals surface area contributed by atoms with Crippen molar-refractivity contribution in [2.24, 2.45) is 0 Å². The first-order chi connectivity index (χ1) is 9.74. The second-order valence-electron chi connectivity index (χ2n) is 4.33. The van der Waals surface area contributed by atoms with Gasteiger partial charge in [0.25, 0.3) is 0 Å². The van der Waals surface area contributed by atoms with E-state index in [1.807, 2.05) is 66.7 Å². The molecule has 0 heterocycles. The third-order valence-corrected chi connectivity index (χ3v) is 2.63. The van der Waals surface area contributed by atoms with E-state index in [0.717, 1.165) is 17.0 Å². The molecule has 0 aromatic heterocycles. The summed E-state index contributed by atoms with van der Waals surface area (Å²) in [6, 6.07) is 17.4. The summed E-state index contributed by atoms with van der Waals surface area (Å²) in [5.74, 6) is 0.696. The van der Waals surface area contributed by atoms with Gasteiger partial charge in [0, 0.05) is 12.6 Å². The smallest absolute Gasteiger partial charge is 0.221 e. The molecular weight excluding hydrogens is 250 g/mol. The second-order valence-corrected chi connectivity index (χ2v) is 4.33. The van der Waals surface area contributed by atoms with Crippen LogP contribution in [0.3, 0.4) is 0 Å². The molecule has 2 aromatic carbocycles. The van der Waals surface area contributed by atoms with Crippen molar-refractivity contribution < 1.29 is 9.53 Å². The average molecular weight is 267 g/mol. The highest BCUT2D eigenvalue weighted by Crippen LogP contribution is 2.15. The Balaban J connectivity index is 1.82. The van der Waals surface area contributed by atoms with Crippen LogP contribution in [0, 0.1) is 0 Å². The third kappa shape index (κ3) is 4.61. The maximum Gasteiger partial charge on any atom is 0.221 e.